The van der Waals surface area contributed by atoms with Crippen molar-refractivity contribution in [3.8, 4) is 0 Å². The van der Waals surface area contributed by atoms with Gasteiger partial charge in [0.15, 0.2) is 5.96 Å². The highest BCUT2D eigenvalue weighted by Crippen LogP contribution is 2.16. The molecule has 7 nitrogen and oxygen atoms in total. The average Bonchev–Trinajstić information content (AvgIpc) is 3.02. The summed E-state index contributed by atoms with van der Waals surface area (Å²) in [5.74, 6) is -0.692. The number of rotatable bonds is 35. The van der Waals surface area contributed by atoms with Gasteiger partial charge in [0, 0.05) is 19.0 Å². The Morgan fingerprint density at radius 3 is 1.40 bits per heavy atom. The predicted octanol–water partition coefficient (Wildman–Crippen LogP) is 9.89. The number of hydrogen-bond acceptors (Lipinski definition) is 4. The minimum absolute atomic E-state index is 0.0511. The highest BCUT2D eigenvalue weighted by atomic mass is 16.5. The van der Waals surface area contributed by atoms with Crippen LogP contribution in [0.25, 0.3) is 0 Å². The second kappa shape index (κ2) is 35.1. The Kier molecular flexibility index (Phi) is 33.7. The van der Waals surface area contributed by atoms with Gasteiger partial charge in [-0.2, -0.15) is 0 Å². The van der Waals surface area contributed by atoms with Crippen molar-refractivity contribution in [2.24, 2.45) is 22.4 Å². The summed E-state index contributed by atoms with van der Waals surface area (Å²) in [4.78, 5) is 29.5. The molecule has 0 heterocycles. The fraction of sp³-hybridized carbons (Fsp3) is 0.921. The van der Waals surface area contributed by atoms with Crippen molar-refractivity contribution < 1.29 is 14.3 Å². The molecule has 5 N–H and O–H groups in total. The molecule has 0 spiro atoms. The molecular formula is C38H76N4O3. The maximum atomic E-state index is 12.9. The van der Waals surface area contributed by atoms with Crippen molar-refractivity contribution >= 4 is 17.8 Å². The van der Waals surface area contributed by atoms with Crippen LogP contribution in [0.2, 0.25) is 0 Å². The molecule has 0 saturated carbocycles. The number of ether oxygens (including phenoxy) is 1. The number of nitrogens with two attached hydrogens (primary N) is 2. The molecule has 7 heteroatoms. The third-order valence-electron chi connectivity index (χ3n) is 8.88. The first-order chi connectivity index (χ1) is 22.0. The molecule has 0 aliphatic carbocycles. The number of unbranched alkanes of at least 4 members (excludes halogenated alkanes) is 24. The summed E-state index contributed by atoms with van der Waals surface area (Å²) >= 11 is 0. The van der Waals surface area contributed by atoms with E-state index in [2.05, 4.69) is 24.2 Å². The van der Waals surface area contributed by atoms with E-state index < -0.39 is 5.92 Å². The van der Waals surface area contributed by atoms with Gasteiger partial charge in [0.05, 0.1) is 13.0 Å². The first-order valence-corrected chi connectivity index (χ1v) is 19.5. The Morgan fingerprint density at radius 2 is 0.978 bits per heavy atom. The molecule has 0 aromatic carbocycles. The van der Waals surface area contributed by atoms with Gasteiger partial charge in [-0.05, 0) is 25.7 Å². The Labute approximate surface area is 279 Å². The Morgan fingerprint density at radius 1 is 0.578 bits per heavy atom. The lowest BCUT2D eigenvalue weighted by atomic mass is 9.98. The normalized spacial score (nSPS) is 11.8. The molecule has 0 rings (SSSR count). The predicted molar refractivity (Wildman–Crippen MR) is 193 cm³/mol. The number of carbonyl (C=O) groups excluding carboxylic acids is 2. The van der Waals surface area contributed by atoms with Gasteiger partial charge < -0.3 is 21.5 Å². The van der Waals surface area contributed by atoms with Crippen molar-refractivity contribution in [1.82, 2.24) is 5.32 Å². The summed E-state index contributed by atoms with van der Waals surface area (Å²) in [5.41, 5.74) is 10.9. The van der Waals surface area contributed by atoms with Crippen molar-refractivity contribution in [3.63, 3.8) is 0 Å². The molecule has 0 aromatic heterocycles. The summed E-state index contributed by atoms with van der Waals surface area (Å²) in [6.07, 6.45) is 35.0. The smallest absolute Gasteiger partial charge is 0.306 e. The van der Waals surface area contributed by atoms with E-state index in [1.54, 1.807) is 0 Å². The van der Waals surface area contributed by atoms with Gasteiger partial charge >= 0.3 is 5.97 Å². The molecule has 1 amide bonds. The van der Waals surface area contributed by atoms with Crippen molar-refractivity contribution in [2.45, 2.75) is 200 Å². The van der Waals surface area contributed by atoms with Crippen molar-refractivity contribution in [3.05, 3.63) is 0 Å². The lowest BCUT2D eigenvalue weighted by molar-refractivity contribution is -0.147. The van der Waals surface area contributed by atoms with Gasteiger partial charge in [0.2, 0.25) is 5.91 Å². The van der Waals surface area contributed by atoms with Gasteiger partial charge in [-0.3, -0.25) is 14.6 Å². The largest absolute Gasteiger partial charge is 0.466 e. The molecule has 0 aliphatic heterocycles. The third-order valence-corrected chi connectivity index (χ3v) is 8.88. The van der Waals surface area contributed by atoms with Crippen molar-refractivity contribution in [2.75, 3.05) is 19.7 Å². The first-order valence-electron chi connectivity index (χ1n) is 19.5. The van der Waals surface area contributed by atoms with E-state index >= 15 is 0 Å². The van der Waals surface area contributed by atoms with Crippen molar-refractivity contribution in [1.29, 1.82) is 0 Å². The monoisotopic (exact) mass is 637 g/mol. The van der Waals surface area contributed by atoms with Crippen LogP contribution in [0.15, 0.2) is 4.99 Å². The molecule has 0 aromatic rings. The van der Waals surface area contributed by atoms with Gasteiger partial charge in [-0.1, -0.05) is 168 Å². The van der Waals surface area contributed by atoms with E-state index in [1.165, 1.54) is 141 Å². The molecule has 0 saturated heterocycles. The molecule has 0 fully saturated rings. The van der Waals surface area contributed by atoms with E-state index in [-0.39, 0.29) is 24.3 Å². The summed E-state index contributed by atoms with van der Waals surface area (Å²) in [6.45, 7) is 6.09. The number of esters is 1. The van der Waals surface area contributed by atoms with Crippen LogP contribution in [0.5, 0.6) is 0 Å². The van der Waals surface area contributed by atoms with Gasteiger partial charge in [0.25, 0.3) is 0 Å². The second-order valence-electron chi connectivity index (χ2n) is 13.3. The Hall–Kier alpha value is -1.79. The van der Waals surface area contributed by atoms with Crippen LogP contribution >= 0.6 is 0 Å². The minimum atomic E-state index is -0.402. The second-order valence-corrected chi connectivity index (χ2v) is 13.3. The molecule has 45 heavy (non-hydrogen) atoms. The van der Waals surface area contributed by atoms with E-state index in [4.69, 9.17) is 16.2 Å². The fourth-order valence-electron chi connectivity index (χ4n) is 5.94. The van der Waals surface area contributed by atoms with Gasteiger partial charge in [0.1, 0.15) is 0 Å². The number of aliphatic imine (C=N–C) groups is 1. The standard InChI is InChI=1S/C38H76N4O3/c1-3-5-7-9-11-13-15-16-17-18-19-20-22-24-26-28-33-45-36(43)34-35(30-29-32-42-38(39)40)37(44)41-31-27-25-23-21-14-12-10-8-6-4-2/h35H,3-34H2,1-2H3,(H,41,44)(H4,39,40,42)/t35-/m1/s1. The Bertz CT molecular complexity index is 682. The zero-order valence-electron chi connectivity index (χ0n) is 30.0. The van der Waals surface area contributed by atoms with E-state index in [0.29, 0.717) is 32.5 Å². The van der Waals surface area contributed by atoms with E-state index in [9.17, 15) is 9.59 Å². The first kappa shape index (κ1) is 43.2. The van der Waals surface area contributed by atoms with Crippen LogP contribution in [-0.2, 0) is 14.3 Å². The maximum Gasteiger partial charge on any atom is 0.306 e. The molecule has 0 bridgehead atoms. The molecule has 266 valence electrons. The van der Waals surface area contributed by atoms with E-state index in [1.807, 2.05) is 0 Å². The molecule has 0 unspecified atom stereocenters. The van der Waals surface area contributed by atoms with Crippen LogP contribution in [0.1, 0.15) is 200 Å². The lowest BCUT2D eigenvalue weighted by Crippen LogP contribution is -2.33. The lowest BCUT2D eigenvalue weighted by Gasteiger charge is -2.16. The van der Waals surface area contributed by atoms with Crippen LogP contribution in [-0.4, -0.2) is 37.5 Å². The summed E-state index contributed by atoms with van der Waals surface area (Å²) < 4.78 is 5.51. The summed E-state index contributed by atoms with van der Waals surface area (Å²) in [7, 11) is 0. The highest BCUT2D eigenvalue weighted by Gasteiger charge is 2.22. The minimum Gasteiger partial charge on any atom is -0.466 e. The zero-order chi connectivity index (χ0) is 33.1. The quantitative estimate of drug-likeness (QED) is 0.0277. The van der Waals surface area contributed by atoms with Crippen LogP contribution in [0.4, 0.5) is 0 Å². The fourth-order valence-corrected chi connectivity index (χ4v) is 5.94. The molecule has 0 radical (unpaired) electrons. The SMILES string of the molecule is CCCCCCCCCCCCCCCCCCOC(=O)C[C@@H](CCCN=C(N)N)C(=O)NCCCCCCCCCCCC. The van der Waals surface area contributed by atoms with Crippen LogP contribution in [0, 0.1) is 5.92 Å². The number of hydrogen-bond donors (Lipinski definition) is 3. The number of guanidine groups is 1. The van der Waals surface area contributed by atoms with E-state index in [0.717, 1.165) is 25.7 Å². The average molecular weight is 637 g/mol. The van der Waals surface area contributed by atoms with Gasteiger partial charge in [-0.25, -0.2) is 0 Å². The Balaban J connectivity index is 3.95. The third kappa shape index (κ3) is 33.4. The summed E-state index contributed by atoms with van der Waals surface area (Å²) in [5, 5.41) is 3.06. The number of carbonyl (C=O) groups is 2. The van der Waals surface area contributed by atoms with Crippen LogP contribution < -0.4 is 16.8 Å². The zero-order valence-corrected chi connectivity index (χ0v) is 30.0. The van der Waals surface area contributed by atoms with Crippen LogP contribution in [0.3, 0.4) is 0 Å². The number of nitrogens with one attached hydrogen (secondary N) is 1. The molecule has 0 aliphatic rings. The summed E-state index contributed by atoms with van der Waals surface area (Å²) in [6, 6.07) is 0. The number of amides is 1. The highest BCUT2D eigenvalue weighted by molar-refractivity contribution is 5.83. The maximum absolute atomic E-state index is 12.9. The molecule has 1 atom stereocenters. The molecular weight excluding hydrogens is 560 g/mol. The topological polar surface area (TPSA) is 120 Å². The number of nitrogens with zero attached hydrogens (tertiary/aromatic N) is 1. The van der Waals surface area contributed by atoms with Gasteiger partial charge in [-0.15, -0.1) is 0 Å².